The number of rotatable bonds is 4. The molecule has 1 aromatic carbocycles. The van der Waals surface area contributed by atoms with Crippen LogP contribution in [0.2, 0.25) is 0 Å². The molecule has 1 amide bonds. The van der Waals surface area contributed by atoms with E-state index < -0.39 is 0 Å². The third-order valence-electron chi connectivity index (χ3n) is 3.89. The summed E-state index contributed by atoms with van der Waals surface area (Å²) < 4.78 is 17.1. The fourth-order valence-electron chi connectivity index (χ4n) is 2.75. The maximum absolute atomic E-state index is 12.4. The van der Waals surface area contributed by atoms with Crippen molar-refractivity contribution in [3.8, 4) is 11.5 Å². The van der Waals surface area contributed by atoms with Gasteiger partial charge in [0, 0.05) is 13.2 Å². The molecule has 0 saturated carbocycles. The van der Waals surface area contributed by atoms with Crippen molar-refractivity contribution in [1.29, 1.82) is 0 Å². The monoisotopic (exact) mass is 291 g/mol. The normalized spacial score (nSPS) is 23.9. The smallest absolute Gasteiger partial charge is 0.251 e. The number of benzene rings is 1. The molecule has 2 atom stereocenters. The van der Waals surface area contributed by atoms with E-state index in [1.807, 2.05) is 31.2 Å². The summed E-state index contributed by atoms with van der Waals surface area (Å²) in [6.45, 7) is 4.31. The van der Waals surface area contributed by atoms with Crippen molar-refractivity contribution in [1.82, 2.24) is 4.90 Å². The van der Waals surface area contributed by atoms with Crippen LogP contribution in [0.5, 0.6) is 11.5 Å². The molecule has 2 heterocycles. The number of hydrogen-bond acceptors (Lipinski definition) is 4. The Balaban J connectivity index is 1.61. The van der Waals surface area contributed by atoms with E-state index >= 15 is 0 Å². The molecule has 2 aliphatic heterocycles. The van der Waals surface area contributed by atoms with Crippen molar-refractivity contribution in [3.63, 3.8) is 0 Å². The van der Waals surface area contributed by atoms with Gasteiger partial charge in [-0.1, -0.05) is 12.1 Å². The average molecular weight is 291 g/mol. The number of para-hydroxylation sites is 2. The minimum absolute atomic E-state index is 0.0671. The Morgan fingerprint density at radius 3 is 2.86 bits per heavy atom. The molecule has 0 bridgehead atoms. The van der Waals surface area contributed by atoms with Gasteiger partial charge >= 0.3 is 0 Å². The molecule has 0 aliphatic carbocycles. The number of carbonyl (C=O) groups is 1. The number of likely N-dealkylation sites (N-methyl/N-ethyl adjacent to an activating group) is 1. The lowest BCUT2D eigenvalue weighted by atomic mass is 10.2. The van der Waals surface area contributed by atoms with E-state index in [-0.39, 0.29) is 18.1 Å². The highest BCUT2D eigenvalue weighted by molar-refractivity contribution is 5.81. The van der Waals surface area contributed by atoms with Gasteiger partial charge in [-0.15, -0.1) is 0 Å². The molecular weight excluding hydrogens is 270 g/mol. The molecule has 0 N–H and O–H groups in total. The first-order valence-electron chi connectivity index (χ1n) is 7.57. The van der Waals surface area contributed by atoms with Crippen molar-refractivity contribution >= 4 is 5.91 Å². The van der Waals surface area contributed by atoms with Gasteiger partial charge in [0.15, 0.2) is 17.6 Å². The minimum atomic E-state index is -0.276. The molecule has 0 unspecified atom stereocenters. The molecule has 5 nitrogen and oxygen atoms in total. The summed E-state index contributed by atoms with van der Waals surface area (Å²) in [5.41, 5.74) is 0. The Bertz CT molecular complexity index is 499. The summed E-state index contributed by atoms with van der Waals surface area (Å²) >= 11 is 0. The SMILES string of the molecule is CCN(C[C@H]1COc2ccccc2O1)C(=O)[C@@H]1CCCO1. The van der Waals surface area contributed by atoms with Gasteiger partial charge in [-0.3, -0.25) is 4.79 Å². The van der Waals surface area contributed by atoms with Crippen molar-refractivity contribution in [2.45, 2.75) is 32.0 Å². The topological polar surface area (TPSA) is 48.0 Å². The number of fused-ring (bicyclic) bond motifs is 1. The summed E-state index contributed by atoms with van der Waals surface area (Å²) in [7, 11) is 0. The van der Waals surface area contributed by atoms with Gasteiger partial charge in [0.05, 0.1) is 6.54 Å². The lowest BCUT2D eigenvalue weighted by molar-refractivity contribution is -0.142. The largest absolute Gasteiger partial charge is 0.486 e. The summed E-state index contributed by atoms with van der Waals surface area (Å²) in [4.78, 5) is 14.2. The minimum Gasteiger partial charge on any atom is -0.486 e. The highest BCUT2D eigenvalue weighted by atomic mass is 16.6. The summed E-state index contributed by atoms with van der Waals surface area (Å²) in [5, 5.41) is 0. The lowest BCUT2D eigenvalue weighted by Gasteiger charge is -2.31. The maximum atomic E-state index is 12.4. The fourth-order valence-corrected chi connectivity index (χ4v) is 2.75. The van der Waals surface area contributed by atoms with Crippen LogP contribution in [0.4, 0.5) is 0 Å². The number of hydrogen-bond donors (Lipinski definition) is 0. The highest BCUT2D eigenvalue weighted by Crippen LogP contribution is 2.31. The summed E-state index contributed by atoms with van der Waals surface area (Å²) in [6.07, 6.45) is 1.37. The van der Waals surface area contributed by atoms with Crippen LogP contribution >= 0.6 is 0 Å². The Hall–Kier alpha value is -1.75. The van der Waals surface area contributed by atoms with Gasteiger partial charge in [-0.05, 0) is 31.9 Å². The molecular formula is C16H21NO4. The van der Waals surface area contributed by atoms with Crippen LogP contribution in [0.15, 0.2) is 24.3 Å². The molecule has 0 radical (unpaired) electrons. The van der Waals surface area contributed by atoms with Crippen LogP contribution in [-0.2, 0) is 9.53 Å². The van der Waals surface area contributed by atoms with E-state index in [0.29, 0.717) is 26.3 Å². The van der Waals surface area contributed by atoms with Crippen LogP contribution in [-0.4, -0.2) is 49.3 Å². The molecule has 114 valence electrons. The van der Waals surface area contributed by atoms with Gasteiger partial charge in [0.2, 0.25) is 0 Å². The van der Waals surface area contributed by atoms with Gasteiger partial charge in [0.1, 0.15) is 12.7 Å². The van der Waals surface area contributed by atoms with Gasteiger partial charge < -0.3 is 19.1 Å². The molecule has 21 heavy (non-hydrogen) atoms. The third-order valence-corrected chi connectivity index (χ3v) is 3.89. The van der Waals surface area contributed by atoms with Crippen LogP contribution in [0.3, 0.4) is 0 Å². The standard InChI is InChI=1S/C16H21NO4/c1-2-17(16(18)15-8-5-9-19-15)10-12-11-20-13-6-3-4-7-14(13)21-12/h3-4,6-7,12,15H,2,5,8-11H2,1H3/t12-,15-/m0/s1. The highest BCUT2D eigenvalue weighted by Gasteiger charge is 2.30. The van der Waals surface area contributed by atoms with Crippen molar-refractivity contribution < 1.29 is 19.0 Å². The van der Waals surface area contributed by atoms with Crippen LogP contribution in [0.1, 0.15) is 19.8 Å². The molecule has 1 saturated heterocycles. The zero-order chi connectivity index (χ0) is 14.7. The lowest BCUT2D eigenvalue weighted by Crippen LogP contribution is -2.46. The van der Waals surface area contributed by atoms with Crippen LogP contribution < -0.4 is 9.47 Å². The molecule has 1 fully saturated rings. The number of carbonyl (C=O) groups excluding carboxylic acids is 1. The third kappa shape index (κ3) is 3.13. The Morgan fingerprint density at radius 1 is 1.33 bits per heavy atom. The van der Waals surface area contributed by atoms with E-state index in [1.165, 1.54) is 0 Å². The Morgan fingerprint density at radius 2 is 2.14 bits per heavy atom. The van der Waals surface area contributed by atoms with Crippen LogP contribution in [0.25, 0.3) is 0 Å². The zero-order valence-corrected chi connectivity index (χ0v) is 12.3. The Labute approximate surface area is 124 Å². The average Bonchev–Trinajstić information content (AvgIpc) is 3.06. The van der Waals surface area contributed by atoms with Crippen LogP contribution in [0, 0.1) is 0 Å². The van der Waals surface area contributed by atoms with Gasteiger partial charge in [0.25, 0.3) is 5.91 Å². The maximum Gasteiger partial charge on any atom is 0.251 e. The number of nitrogens with zero attached hydrogens (tertiary/aromatic N) is 1. The summed E-state index contributed by atoms with van der Waals surface area (Å²) in [5.74, 6) is 1.58. The fraction of sp³-hybridized carbons (Fsp3) is 0.562. The molecule has 5 heteroatoms. The molecule has 0 spiro atoms. The first kappa shape index (κ1) is 14.2. The second-order valence-corrected chi connectivity index (χ2v) is 5.38. The predicted octanol–water partition coefficient (Wildman–Crippen LogP) is 1.85. The second-order valence-electron chi connectivity index (χ2n) is 5.38. The first-order valence-corrected chi connectivity index (χ1v) is 7.57. The van der Waals surface area contributed by atoms with E-state index in [0.717, 1.165) is 24.3 Å². The Kier molecular flexibility index (Phi) is 4.29. The number of ether oxygens (including phenoxy) is 3. The van der Waals surface area contributed by atoms with E-state index in [9.17, 15) is 4.79 Å². The van der Waals surface area contributed by atoms with E-state index in [4.69, 9.17) is 14.2 Å². The second kappa shape index (κ2) is 6.35. The summed E-state index contributed by atoms with van der Waals surface area (Å²) in [6, 6.07) is 7.61. The van der Waals surface area contributed by atoms with Gasteiger partial charge in [-0.2, -0.15) is 0 Å². The molecule has 2 aliphatic rings. The molecule has 3 rings (SSSR count). The quantitative estimate of drug-likeness (QED) is 0.849. The number of amides is 1. The van der Waals surface area contributed by atoms with Gasteiger partial charge in [-0.25, -0.2) is 0 Å². The first-order chi connectivity index (χ1) is 10.3. The van der Waals surface area contributed by atoms with E-state index in [2.05, 4.69) is 0 Å². The predicted molar refractivity (Wildman–Crippen MR) is 77.6 cm³/mol. The zero-order valence-electron chi connectivity index (χ0n) is 12.3. The van der Waals surface area contributed by atoms with E-state index in [1.54, 1.807) is 4.90 Å². The van der Waals surface area contributed by atoms with Crippen molar-refractivity contribution in [2.24, 2.45) is 0 Å². The molecule has 0 aromatic heterocycles. The molecule has 1 aromatic rings. The van der Waals surface area contributed by atoms with Crippen molar-refractivity contribution in [2.75, 3.05) is 26.3 Å². The van der Waals surface area contributed by atoms with Crippen molar-refractivity contribution in [3.05, 3.63) is 24.3 Å².